The molecule has 1 saturated heterocycles. The molecule has 1 aliphatic heterocycles. The number of hydrogen-bond donors (Lipinski definition) is 1. The summed E-state index contributed by atoms with van der Waals surface area (Å²) in [7, 11) is -2.09. The van der Waals surface area contributed by atoms with Crippen molar-refractivity contribution in [1.82, 2.24) is 4.31 Å². The van der Waals surface area contributed by atoms with E-state index in [0.29, 0.717) is 29.8 Å². The number of benzene rings is 2. The van der Waals surface area contributed by atoms with Gasteiger partial charge in [0.25, 0.3) is 0 Å². The molecule has 1 amide bonds. The number of carbonyl (C=O) groups is 1. The molecule has 0 spiro atoms. The molecule has 1 fully saturated rings. The van der Waals surface area contributed by atoms with Crippen molar-refractivity contribution in [3.63, 3.8) is 0 Å². The standard InChI is InChI=1S/C24H29N3O4S/c1-24(2,3)19-7-10-22(31-4)21(15-19)26-23(28)18-11-13-27(14-12-18)32(29,30)20-8-5-17(16-25)6-9-20/h5-10,15,18H,11-14H2,1-4H3,(H,26,28). The number of nitrogens with zero attached hydrogens (tertiary/aromatic N) is 2. The van der Waals surface area contributed by atoms with E-state index in [-0.39, 0.29) is 35.2 Å². The van der Waals surface area contributed by atoms with E-state index in [4.69, 9.17) is 10.00 Å². The van der Waals surface area contributed by atoms with Crippen LogP contribution in [-0.4, -0.2) is 38.8 Å². The Hall–Kier alpha value is -2.89. The fourth-order valence-corrected chi connectivity index (χ4v) is 5.19. The molecule has 1 aliphatic rings. The van der Waals surface area contributed by atoms with E-state index in [2.05, 4.69) is 26.1 Å². The minimum absolute atomic E-state index is 0.0725. The Morgan fingerprint density at radius 1 is 1.12 bits per heavy atom. The summed E-state index contributed by atoms with van der Waals surface area (Å²) in [4.78, 5) is 13.1. The van der Waals surface area contributed by atoms with Gasteiger partial charge in [0, 0.05) is 19.0 Å². The van der Waals surface area contributed by atoms with E-state index in [1.54, 1.807) is 7.11 Å². The van der Waals surface area contributed by atoms with E-state index < -0.39 is 10.0 Å². The lowest BCUT2D eigenvalue weighted by molar-refractivity contribution is -0.120. The van der Waals surface area contributed by atoms with Crippen molar-refractivity contribution < 1.29 is 17.9 Å². The predicted octanol–water partition coefficient (Wildman–Crippen LogP) is 3.90. The van der Waals surface area contributed by atoms with Gasteiger partial charge in [-0.1, -0.05) is 26.8 Å². The molecular weight excluding hydrogens is 426 g/mol. The number of hydrogen-bond acceptors (Lipinski definition) is 5. The fraction of sp³-hybridized carbons (Fsp3) is 0.417. The molecule has 0 saturated carbocycles. The lowest BCUT2D eigenvalue weighted by Crippen LogP contribution is -2.41. The highest BCUT2D eigenvalue weighted by molar-refractivity contribution is 7.89. The maximum Gasteiger partial charge on any atom is 0.243 e. The zero-order chi connectivity index (χ0) is 23.5. The molecule has 0 aromatic heterocycles. The van der Waals surface area contributed by atoms with Gasteiger partial charge < -0.3 is 10.1 Å². The molecule has 0 atom stereocenters. The number of nitrogens with one attached hydrogen (secondary N) is 1. The van der Waals surface area contributed by atoms with Gasteiger partial charge in [-0.05, 0) is 60.2 Å². The minimum atomic E-state index is -3.66. The van der Waals surface area contributed by atoms with Gasteiger partial charge in [-0.15, -0.1) is 0 Å². The first-order valence-corrected chi connectivity index (χ1v) is 12.0. The van der Waals surface area contributed by atoms with Crippen molar-refractivity contribution in [1.29, 1.82) is 5.26 Å². The van der Waals surface area contributed by atoms with Crippen molar-refractivity contribution in [2.75, 3.05) is 25.5 Å². The second-order valence-corrected chi connectivity index (χ2v) is 10.9. The number of sulfonamides is 1. The first-order chi connectivity index (χ1) is 15.1. The van der Waals surface area contributed by atoms with Crippen LogP contribution in [0.15, 0.2) is 47.4 Å². The van der Waals surface area contributed by atoms with Gasteiger partial charge in [-0.25, -0.2) is 8.42 Å². The Morgan fingerprint density at radius 2 is 1.75 bits per heavy atom. The van der Waals surface area contributed by atoms with Crippen molar-refractivity contribution in [3.8, 4) is 11.8 Å². The summed E-state index contributed by atoms with van der Waals surface area (Å²) in [6.07, 6.45) is 0.866. The highest BCUT2D eigenvalue weighted by Gasteiger charge is 2.32. The summed E-state index contributed by atoms with van der Waals surface area (Å²) in [6, 6.07) is 13.6. The van der Waals surface area contributed by atoms with Gasteiger partial charge in [0.15, 0.2) is 0 Å². The van der Waals surface area contributed by atoms with Crippen LogP contribution < -0.4 is 10.1 Å². The van der Waals surface area contributed by atoms with E-state index in [0.717, 1.165) is 5.56 Å². The number of amides is 1. The molecule has 2 aromatic rings. The zero-order valence-electron chi connectivity index (χ0n) is 18.9. The topological polar surface area (TPSA) is 99.5 Å². The van der Waals surface area contributed by atoms with E-state index in [1.165, 1.54) is 28.6 Å². The van der Waals surface area contributed by atoms with Crippen molar-refractivity contribution in [2.24, 2.45) is 5.92 Å². The summed E-state index contributed by atoms with van der Waals surface area (Å²) in [5.41, 5.74) is 2.04. The lowest BCUT2D eigenvalue weighted by atomic mass is 9.86. The second kappa shape index (κ2) is 9.31. The zero-order valence-corrected chi connectivity index (χ0v) is 19.7. The molecule has 0 aliphatic carbocycles. The highest BCUT2D eigenvalue weighted by Crippen LogP contribution is 2.32. The van der Waals surface area contributed by atoms with Gasteiger partial charge >= 0.3 is 0 Å². The van der Waals surface area contributed by atoms with Crippen LogP contribution in [0.3, 0.4) is 0 Å². The number of carbonyl (C=O) groups excluding carboxylic acids is 1. The maximum absolute atomic E-state index is 12.9. The van der Waals surface area contributed by atoms with Crippen LogP contribution in [0.2, 0.25) is 0 Å². The first kappa shape index (κ1) is 23.8. The molecule has 0 unspecified atom stereocenters. The summed E-state index contributed by atoms with van der Waals surface area (Å²) in [6.45, 7) is 6.83. The molecule has 8 heteroatoms. The predicted molar refractivity (Wildman–Crippen MR) is 123 cm³/mol. The monoisotopic (exact) mass is 455 g/mol. The van der Waals surface area contributed by atoms with E-state index >= 15 is 0 Å². The van der Waals surface area contributed by atoms with Crippen LogP contribution >= 0.6 is 0 Å². The van der Waals surface area contributed by atoms with Gasteiger partial charge in [-0.2, -0.15) is 9.57 Å². The fourth-order valence-electron chi connectivity index (χ4n) is 3.72. The summed E-state index contributed by atoms with van der Waals surface area (Å²) in [5, 5.41) is 11.9. The number of piperidine rings is 1. The molecule has 3 rings (SSSR count). The van der Waals surface area contributed by atoms with Gasteiger partial charge in [-0.3, -0.25) is 4.79 Å². The molecule has 0 bridgehead atoms. The van der Waals surface area contributed by atoms with Crippen LogP contribution in [0, 0.1) is 17.2 Å². The van der Waals surface area contributed by atoms with E-state index in [1.807, 2.05) is 24.3 Å². The first-order valence-electron chi connectivity index (χ1n) is 10.6. The van der Waals surface area contributed by atoms with Crippen LogP contribution in [0.4, 0.5) is 5.69 Å². The average Bonchev–Trinajstić information content (AvgIpc) is 2.78. The molecule has 170 valence electrons. The molecule has 32 heavy (non-hydrogen) atoms. The minimum Gasteiger partial charge on any atom is -0.495 e. The summed E-state index contributed by atoms with van der Waals surface area (Å²) < 4.78 is 32.6. The number of nitriles is 1. The number of anilines is 1. The molecule has 1 heterocycles. The Morgan fingerprint density at radius 3 is 2.28 bits per heavy atom. The van der Waals surface area contributed by atoms with E-state index in [9.17, 15) is 13.2 Å². The Balaban J connectivity index is 1.68. The molecular formula is C24H29N3O4S. The number of ether oxygens (including phenoxy) is 1. The van der Waals surface area contributed by atoms with Crippen LogP contribution in [0.25, 0.3) is 0 Å². The normalized spacial score (nSPS) is 15.7. The molecule has 1 N–H and O–H groups in total. The van der Waals surface area contributed by atoms with Crippen molar-refractivity contribution in [2.45, 2.75) is 43.9 Å². The third kappa shape index (κ3) is 5.12. The summed E-state index contributed by atoms with van der Waals surface area (Å²) >= 11 is 0. The van der Waals surface area contributed by atoms with Gasteiger partial charge in [0.2, 0.25) is 15.9 Å². The highest BCUT2D eigenvalue weighted by atomic mass is 32.2. The molecule has 0 radical (unpaired) electrons. The van der Waals surface area contributed by atoms with Crippen molar-refractivity contribution in [3.05, 3.63) is 53.6 Å². The number of rotatable bonds is 5. The van der Waals surface area contributed by atoms with Crippen LogP contribution in [0.1, 0.15) is 44.7 Å². The maximum atomic E-state index is 12.9. The Bertz CT molecular complexity index is 1120. The second-order valence-electron chi connectivity index (χ2n) is 8.97. The Kier molecular flexibility index (Phi) is 6.91. The van der Waals surface area contributed by atoms with Crippen LogP contribution in [0.5, 0.6) is 5.75 Å². The van der Waals surface area contributed by atoms with Gasteiger partial charge in [0.05, 0.1) is 29.3 Å². The number of methoxy groups -OCH3 is 1. The largest absolute Gasteiger partial charge is 0.495 e. The van der Waals surface area contributed by atoms with Gasteiger partial charge in [0.1, 0.15) is 5.75 Å². The smallest absolute Gasteiger partial charge is 0.243 e. The van der Waals surface area contributed by atoms with Crippen molar-refractivity contribution >= 4 is 21.6 Å². The summed E-state index contributed by atoms with van der Waals surface area (Å²) in [5.74, 6) is 0.169. The SMILES string of the molecule is COc1ccc(C(C)(C)C)cc1NC(=O)C1CCN(S(=O)(=O)c2ccc(C#N)cc2)CC1. The third-order valence-electron chi connectivity index (χ3n) is 5.77. The third-order valence-corrected chi connectivity index (χ3v) is 7.68. The lowest BCUT2D eigenvalue weighted by Gasteiger charge is -2.30. The van der Waals surface area contributed by atoms with Crippen LogP contribution in [-0.2, 0) is 20.2 Å². The molecule has 7 nitrogen and oxygen atoms in total. The molecule has 2 aromatic carbocycles. The average molecular weight is 456 g/mol. The Labute approximate surface area is 190 Å². The quantitative estimate of drug-likeness (QED) is 0.737.